The van der Waals surface area contributed by atoms with Gasteiger partial charge in [-0.2, -0.15) is 4.39 Å². The minimum atomic E-state index is -0.617. The van der Waals surface area contributed by atoms with E-state index in [-0.39, 0.29) is 11.7 Å². The number of rotatable bonds is 2. The van der Waals surface area contributed by atoms with Crippen LogP contribution < -0.4 is 5.32 Å². The zero-order valence-corrected chi connectivity index (χ0v) is 10.6. The minimum Gasteiger partial charge on any atom is -0.306 e. The zero-order chi connectivity index (χ0) is 13.2. The van der Waals surface area contributed by atoms with E-state index in [4.69, 9.17) is 0 Å². The highest BCUT2D eigenvalue weighted by molar-refractivity contribution is 7.20. The number of carbonyl (C=O) groups excluding carboxylic acids is 1. The Kier molecular flexibility index (Phi) is 2.97. The Morgan fingerprint density at radius 1 is 1.16 bits per heavy atom. The van der Waals surface area contributed by atoms with Gasteiger partial charge in [-0.3, -0.25) is 4.79 Å². The Balaban J connectivity index is 1.87. The topological polar surface area (TPSA) is 42.0 Å². The number of hydrogen-bond donors (Lipinski definition) is 1. The molecule has 1 aromatic carbocycles. The Morgan fingerprint density at radius 2 is 2.00 bits per heavy atom. The first-order valence-corrected chi connectivity index (χ1v) is 6.46. The molecular weight excluding hydrogens is 263 g/mol. The maximum atomic E-state index is 12.9. The third-order valence-corrected chi connectivity index (χ3v) is 3.72. The Bertz CT molecular complexity index is 721. The van der Waals surface area contributed by atoms with E-state index in [9.17, 15) is 9.18 Å². The molecule has 0 aliphatic heterocycles. The lowest BCUT2D eigenvalue weighted by molar-refractivity contribution is 0.103. The quantitative estimate of drug-likeness (QED) is 0.723. The van der Waals surface area contributed by atoms with Crippen LogP contribution >= 0.6 is 11.3 Å². The van der Waals surface area contributed by atoms with Crippen LogP contribution in [0.25, 0.3) is 10.1 Å². The van der Waals surface area contributed by atoms with Crippen LogP contribution in [-0.4, -0.2) is 10.9 Å². The van der Waals surface area contributed by atoms with Gasteiger partial charge in [-0.15, -0.1) is 11.3 Å². The van der Waals surface area contributed by atoms with E-state index >= 15 is 0 Å². The first-order chi connectivity index (χ1) is 9.22. The summed E-state index contributed by atoms with van der Waals surface area (Å²) >= 11 is 1.40. The van der Waals surface area contributed by atoms with Gasteiger partial charge in [0.25, 0.3) is 5.91 Å². The van der Waals surface area contributed by atoms with Gasteiger partial charge in [0.05, 0.1) is 4.88 Å². The molecule has 0 bridgehead atoms. The fourth-order valence-corrected chi connectivity index (χ4v) is 2.71. The molecule has 1 amide bonds. The van der Waals surface area contributed by atoms with Crippen molar-refractivity contribution < 1.29 is 9.18 Å². The fraction of sp³-hybridized carbons (Fsp3) is 0. The molecule has 0 unspecified atom stereocenters. The Hall–Kier alpha value is -2.27. The zero-order valence-electron chi connectivity index (χ0n) is 9.76. The van der Waals surface area contributed by atoms with Crippen LogP contribution in [0, 0.1) is 5.95 Å². The summed E-state index contributed by atoms with van der Waals surface area (Å²) in [5.41, 5.74) is 0. The summed E-state index contributed by atoms with van der Waals surface area (Å²) in [6, 6.07) is 13.8. The average molecular weight is 272 g/mol. The van der Waals surface area contributed by atoms with Crippen molar-refractivity contribution in [2.45, 2.75) is 0 Å². The summed E-state index contributed by atoms with van der Waals surface area (Å²) in [4.78, 5) is 16.2. The predicted octanol–water partition coefficient (Wildman–Crippen LogP) is 3.69. The summed E-state index contributed by atoms with van der Waals surface area (Å²) in [6.45, 7) is 0. The van der Waals surface area contributed by atoms with Gasteiger partial charge < -0.3 is 5.32 Å². The number of fused-ring (bicyclic) bond motifs is 1. The van der Waals surface area contributed by atoms with Crippen LogP contribution in [0.5, 0.6) is 0 Å². The molecular formula is C14H9FN2OS. The number of benzene rings is 1. The second kappa shape index (κ2) is 4.78. The molecule has 0 fully saturated rings. The van der Waals surface area contributed by atoms with Crippen molar-refractivity contribution in [3.8, 4) is 0 Å². The molecule has 2 aromatic heterocycles. The summed E-state index contributed by atoms with van der Waals surface area (Å²) in [7, 11) is 0. The fourth-order valence-electron chi connectivity index (χ4n) is 1.75. The molecule has 5 heteroatoms. The predicted molar refractivity (Wildman–Crippen MR) is 74.0 cm³/mol. The normalized spacial score (nSPS) is 10.6. The molecule has 1 N–H and O–H groups in total. The Morgan fingerprint density at radius 3 is 2.79 bits per heavy atom. The number of nitrogens with zero attached hydrogens (tertiary/aromatic N) is 1. The van der Waals surface area contributed by atoms with Crippen LogP contribution in [0.1, 0.15) is 9.67 Å². The van der Waals surface area contributed by atoms with Crippen molar-refractivity contribution in [3.05, 3.63) is 59.4 Å². The van der Waals surface area contributed by atoms with E-state index < -0.39 is 5.95 Å². The number of amides is 1. The van der Waals surface area contributed by atoms with E-state index in [1.807, 2.05) is 30.3 Å². The highest BCUT2D eigenvalue weighted by Crippen LogP contribution is 2.25. The lowest BCUT2D eigenvalue weighted by Crippen LogP contribution is -2.11. The van der Waals surface area contributed by atoms with Crippen LogP contribution in [-0.2, 0) is 0 Å². The van der Waals surface area contributed by atoms with E-state index in [1.165, 1.54) is 23.5 Å². The van der Waals surface area contributed by atoms with Crippen molar-refractivity contribution in [2.75, 3.05) is 5.32 Å². The first-order valence-electron chi connectivity index (χ1n) is 5.65. The molecule has 3 rings (SSSR count). The monoisotopic (exact) mass is 272 g/mol. The molecule has 0 radical (unpaired) electrons. The van der Waals surface area contributed by atoms with Crippen LogP contribution in [0.3, 0.4) is 0 Å². The molecule has 0 saturated carbocycles. The molecule has 3 nitrogen and oxygen atoms in total. The summed E-state index contributed by atoms with van der Waals surface area (Å²) in [5.74, 6) is -0.684. The van der Waals surface area contributed by atoms with Crippen LogP contribution in [0.15, 0.2) is 48.5 Å². The van der Waals surface area contributed by atoms with Gasteiger partial charge in [-0.05, 0) is 29.7 Å². The number of carbonyl (C=O) groups is 1. The summed E-state index contributed by atoms with van der Waals surface area (Å²) in [6.07, 6.45) is 0. The van der Waals surface area contributed by atoms with Crippen molar-refractivity contribution in [3.63, 3.8) is 0 Å². The van der Waals surface area contributed by atoms with Crippen molar-refractivity contribution in [1.29, 1.82) is 0 Å². The molecule has 2 heterocycles. The van der Waals surface area contributed by atoms with Crippen molar-refractivity contribution >= 4 is 33.1 Å². The van der Waals surface area contributed by atoms with E-state index in [1.54, 1.807) is 6.07 Å². The van der Waals surface area contributed by atoms with E-state index in [0.29, 0.717) is 4.88 Å². The van der Waals surface area contributed by atoms with E-state index in [0.717, 1.165) is 10.1 Å². The van der Waals surface area contributed by atoms with Gasteiger partial charge in [-0.1, -0.05) is 24.3 Å². The molecule has 94 valence electrons. The lowest BCUT2D eigenvalue weighted by Gasteiger charge is -2.01. The largest absolute Gasteiger partial charge is 0.306 e. The van der Waals surface area contributed by atoms with Gasteiger partial charge in [-0.25, -0.2) is 4.98 Å². The highest BCUT2D eigenvalue weighted by Gasteiger charge is 2.11. The standard InChI is InChI=1S/C14H9FN2OS/c15-12-6-3-7-13(16-12)17-14(18)11-8-9-4-1-2-5-10(9)19-11/h1-8H,(H,16,17,18). The van der Waals surface area contributed by atoms with Gasteiger partial charge in [0, 0.05) is 4.70 Å². The number of thiophene rings is 1. The average Bonchev–Trinajstić information content (AvgIpc) is 2.82. The van der Waals surface area contributed by atoms with Gasteiger partial charge >= 0.3 is 0 Å². The molecule has 0 saturated heterocycles. The van der Waals surface area contributed by atoms with Crippen molar-refractivity contribution in [1.82, 2.24) is 4.98 Å². The Labute approximate surface area is 112 Å². The summed E-state index contributed by atoms with van der Waals surface area (Å²) in [5, 5.41) is 3.60. The number of anilines is 1. The van der Waals surface area contributed by atoms with E-state index in [2.05, 4.69) is 10.3 Å². The lowest BCUT2D eigenvalue weighted by atomic mass is 10.2. The number of hydrogen-bond acceptors (Lipinski definition) is 3. The number of nitrogens with one attached hydrogen (secondary N) is 1. The van der Waals surface area contributed by atoms with Crippen LogP contribution in [0.2, 0.25) is 0 Å². The smallest absolute Gasteiger partial charge is 0.266 e. The SMILES string of the molecule is O=C(Nc1cccc(F)n1)c1cc2ccccc2s1. The van der Waals surface area contributed by atoms with Crippen LogP contribution in [0.4, 0.5) is 10.2 Å². The molecule has 0 atom stereocenters. The van der Waals surface area contributed by atoms with Crippen molar-refractivity contribution in [2.24, 2.45) is 0 Å². The minimum absolute atomic E-state index is 0.211. The molecule has 0 spiro atoms. The number of aromatic nitrogens is 1. The third-order valence-electron chi connectivity index (χ3n) is 2.61. The maximum absolute atomic E-state index is 12.9. The summed E-state index contributed by atoms with van der Waals surface area (Å²) < 4.78 is 14.0. The maximum Gasteiger partial charge on any atom is 0.266 e. The third kappa shape index (κ3) is 2.46. The highest BCUT2D eigenvalue weighted by atomic mass is 32.1. The molecule has 0 aliphatic carbocycles. The first kappa shape index (κ1) is 11.8. The molecule has 0 aliphatic rings. The number of pyridine rings is 1. The number of halogens is 1. The van der Waals surface area contributed by atoms with Gasteiger partial charge in [0.2, 0.25) is 5.95 Å². The second-order valence-corrected chi connectivity index (χ2v) is 5.03. The van der Waals surface area contributed by atoms with Gasteiger partial charge in [0.1, 0.15) is 5.82 Å². The second-order valence-electron chi connectivity index (χ2n) is 3.95. The molecule has 19 heavy (non-hydrogen) atoms. The molecule has 3 aromatic rings. The van der Waals surface area contributed by atoms with Gasteiger partial charge in [0.15, 0.2) is 0 Å².